The van der Waals surface area contributed by atoms with E-state index in [0.717, 1.165) is 65.1 Å². The number of esters is 1. The zero-order chi connectivity index (χ0) is 60.8. The van der Waals surface area contributed by atoms with Gasteiger partial charge in [0.2, 0.25) is 17.7 Å². The summed E-state index contributed by atoms with van der Waals surface area (Å²) in [6.45, 7) is 17.6. The molecule has 5 atom stereocenters. The Morgan fingerprint density at radius 2 is 1.42 bits per heavy atom. The number of methoxy groups -OCH3 is 1. The molecule has 0 radical (unpaired) electrons. The number of nitrogens with zero attached hydrogens (tertiary/aromatic N) is 6. The van der Waals surface area contributed by atoms with Gasteiger partial charge in [-0.15, -0.1) is 32.9 Å². The van der Waals surface area contributed by atoms with E-state index in [4.69, 9.17) is 33.4 Å². The van der Waals surface area contributed by atoms with Crippen LogP contribution in [0.3, 0.4) is 0 Å². The van der Waals surface area contributed by atoms with E-state index in [0.29, 0.717) is 76.3 Å². The number of aryl methyl sites for hydroxylation is 4. The van der Waals surface area contributed by atoms with Crippen LogP contribution < -0.4 is 15.4 Å². The summed E-state index contributed by atoms with van der Waals surface area (Å²) in [6, 6.07) is 20.7. The average Bonchev–Trinajstić information content (AvgIpc) is 1.72. The molecule has 1 saturated heterocycles. The lowest BCUT2D eigenvalue weighted by atomic mass is 9.85. The van der Waals surface area contributed by atoms with Crippen LogP contribution in [-0.4, -0.2) is 156 Å². The molecule has 0 unspecified atom stereocenters. The highest BCUT2D eigenvalue weighted by Crippen LogP contribution is 2.40. The highest BCUT2D eigenvalue weighted by Gasteiger charge is 2.45. The number of likely N-dealkylation sites (tertiary alicyclic amines) is 1. The van der Waals surface area contributed by atoms with Gasteiger partial charge in [-0.25, -0.2) is 4.98 Å². The van der Waals surface area contributed by atoms with E-state index in [1.807, 2.05) is 124 Å². The first-order valence-corrected chi connectivity index (χ1v) is 30.4. The Morgan fingerprint density at radius 3 is 2.06 bits per heavy atom. The third kappa shape index (κ3) is 16.9. The lowest BCUT2D eigenvalue weighted by Gasteiger charge is -2.35. The topological polar surface area (TPSA) is 244 Å². The number of ketones is 1. The highest BCUT2D eigenvalue weighted by molar-refractivity contribution is 7.15. The normalized spacial score (nSPS) is 16.4. The molecular weight excluding hydrogens is 1120 g/mol. The van der Waals surface area contributed by atoms with Gasteiger partial charge >= 0.3 is 5.97 Å². The van der Waals surface area contributed by atoms with Crippen molar-refractivity contribution >= 4 is 57.9 Å². The Morgan fingerprint density at radius 1 is 0.788 bits per heavy atom. The predicted molar refractivity (Wildman–Crippen MR) is 324 cm³/mol. The van der Waals surface area contributed by atoms with Crippen molar-refractivity contribution in [1.82, 2.24) is 35.3 Å². The number of Topliss-reactive ketones (excluding diaryl/α,β-unsaturated/α-hetero) is 1. The second kappa shape index (κ2) is 29.8. The number of thiazole rings is 1. The molecule has 1 fully saturated rings. The number of nitrogens with one attached hydrogen (secondary N) is 2. The van der Waals surface area contributed by atoms with Crippen molar-refractivity contribution in [2.75, 3.05) is 73.1 Å². The van der Waals surface area contributed by atoms with E-state index in [1.54, 1.807) is 22.7 Å². The summed E-state index contributed by atoms with van der Waals surface area (Å²) < 4.78 is 35.3. The first-order valence-electron chi connectivity index (χ1n) is 28.7. The second-order valence-corrected chi connectivity index (χ2v) is 24.4. The molecule has 0 spiro atoms. The number of carbonyl (C=O) groups excluding carboxylic acids is 5. The first-order chi connectivity index (χ1) is 40.8. The number of thiophene rings is 1. The van der Waals surface area contributed by atoms with Gasteiger partial charge in [0.25, 0.3) is 0 Å². The monoisotopic (exact) mass is 1200 g/mol. The number of β-amino-alcohol motifs (C(OH)–C–C–N with tert-alkyl or cyclic N) is 1. The third-order valence-corrected chi connectivity index (χ3v) is 17.1. The van der Waals surface area contributed by atoms with Gasteiger partial charge in [-0.3, -0.25) is 33.5 Å². The Hall–Kier alpha value is -7.05. The van der Waals surface area contributed by atoms with Crippen molar-refractivity contribution in [3.8, 4) is 21.2 Å². The summed E-state index contributed by atoms with van der Waals surface area (Å²) in [7, 11) is 1.36. The molecular formula is C63H78N8O12S2. The van der Waals surface area contributed by atoms with Crippen LogP contribution >= 0.6 is 22.7 Å². The average molecular weight is 1200 g/mol. The Kier molecular flexibility index (Phi) is 22.5. The molecule has 22 heteroatoms. The van der Waals surface area contributed by atoms with Crippen molar-refractivity contribution < 1.29 is 57.5 Å². The summed E-state index contributed by atoms with van der Waals surface area (Å²) in [4.78, 5) is 79.5. The number of aliphatic hydroxyl groups excluding tert-OH is 1. The van der Waals surface area contributed by atoms with Gasteiger partial charge in [0.05, 0.1) is 93.7 Å². The number of fused-ring (bicyclic) bond motifs is 3. The predicted octanol–water partition coefficient (Wildman–Crippen LogP) is 7.70. The van der Waals surface area contributed by atoms with Crippen molar-refractivity contribution in [1.29, 1.82) is 0 Å². The van der Waals surface area contributed by atoms with E-state index < -0.39 is 41.5 Å². The standard InChI is InChI=1S/C63H78N8O12S2/c1-38-41(4)85-62-55(38)56(66-51(34-54(75)78-9)59-69-68-42(5)71(59)62)46-15-10-44(11-16-46)32-48(72)21-12-43-13-22-50(23-14-43)83-31-30-81-27-26-79-24-25-80-28-29-82-36-53(74)67-58(63(6,7)8)61(77)70-35-49(73)33-52(70)60(76)65-39(2)45-17-19-47(20-18-45)57-40(3)64-37-84-57/h10-11,13-20,22-23,37,39,49,51-52,58,73H,12,21,24-36H2,1-9H3,(H,65,76)(H,67,74)/t39-,49+,51-,52-,58+/m0/s1. The van der Waals surface area contributed by atoms with Gasteiger partial charge in [0.1, 0.15) is 53.7 Å². The van der Waals surface area contributed by atoms with Crippen LogP contribution in [0.2, 0.25) is 0 Å². The zero-order valence-corrected chi connectivity index (χ0v) is 51.6. The van der Waals surface area contributed by atoms with E-state index in [1.165, 1.54) is 12.0 Å². The van der Waals surface area contributed by atoms with Crippen molar-refractivity contribution in [3.05, 3.63) is 134 Å². The molecule has 3 amide bonds. The van der Waals surface area contributed by atoms with Crippen LogP contribution in [0.25, 0.3) is 15.4 Å². The van der Waals surface area contributed by atoms with E-state index in [9.17, 15) is 29.1 Å². The van der Waals surface area contributed by atoms with Crippen LogP contribution in [0, 0.1) is 33.1 Å². The zero-order valence-electron chi connectivity index (χ0n) is 49.9. The summed E-state index contributed by atoms with van der Waals surface area (Å²) in [5.74, 6) is 0.435. The van der Waals surface area contributed by atoms with Gasteiger partial charge in [-0.2, -0.15) is 0 Å². The number of aliphatic imine (C=N–C) groups is 1. The SMILES string of the molecule is COC(=O)C[C@@H]1N=C(c2ccc(CC(=O)CCc3ccc(OCCOCCOCCOCCOCC(=O)N[C@H](C(=O)N4C[C@H](O)C[C@H]4C(=O)N[C@@H](C)c4ccc(-c5scnc5C)cc4)C(C)(C)C)cc3)cc2)c2c(sc(C)c2C)-n2c(C)nnc21. The number of amides is 3. The lowest BCUT2D eigenvalue weighted by Crippen LogP contribution is -2.58. The first kappa shape index (κ1) is 64.0. The summed E-state index contributed by atoms with van der Waals surface area (Å²) in [5.41, 5.74) is 9.66. The quantitative estimate of drug-likeness (QED) is 0.0301. The van der Waals surface area contributed by atoms with Gasteiger partial charge in [-0.1, -0.05) is 81.4 Å². The molecule has 3 N–H and O–H groups in total. The fourth-order valence-electron chi connectivity index (χ4n) is 10.2. The number of carbonyl (C=O) groups is 5. The van der Waals surface area contributed by atoms with Crippen LogP contribution in [0.5, 0.6) is 5.75 Å². The highest BCUT2D eigenvalue weighted by atomic mass is 32.1. The molecule has 6 aromatic rings. The molecule has 85 heavy (non-hydrogen) atoms. The van der Waals surface area contributed by atoms with Crippen molar-refractivity contribution in [3.63, 3.8) is 0 Å². The molecule has 0 saturated carbocycles. The maximum Gasteiger partial charge on any atom is 0.308 e. The molecule has 3 aromatic heterocycles. The summed E-state index contributed by atoms with van der Waals surface area (Å²) in [5, 5.41) is 26.2. The molecule has 0 aliphatic carbocycles. The molecule has 5 heterocycles. The smallest absolute Gasteiger partial charge is 0.308 e. The van der Waals surface area contributed by atoms with Gasteiger partial charge < -0.3 is 49.1 Å². The summed E-state index contributed by atoms with van der Waals surface area (Å²) >= 11 is 3.22. The molecule has 0 bridgehead atoms. The Balaban J connectivity index is 0.659. The minimum atomic E-state index is -0.982. The molecule has 20 nitrogen and oxygen atoms in total. The molecule has 3 aromatic carbocycles. The minimum absolute atomic E-state index is 0.0258. The van der Waals surface area contributed by atoms with Gasteiger partial charge in [-0.05, 0) is 86.4 Å². The number of hydrogen-bond donors (Lipinski definition) is 3. The summed E-state index contributed by atoms with van der Waals surface area (Å²) in [6.07, 6.45) is 0.525. The van der Waals surface area contributed by atoms with Gasteiger partial charge in [0.15, 0.2) is 5.82 Å². The molecule has 454 valence electrons. The maximum atomic E-state index is 14.0. The van der Waals surface area contributed by atoms with Crippen molar-refractivity contribution in [2.24, 2.45) is 10.4 Å². The number of hydrogen-bond acceptors (Lipinski definition) is 18. The van der Waals surface area contributed by atoms with Gasteiger partial charge in [0, 0.05) is 41.8 Å². The van der Waals surface area contributed by atoms with E-state index in [2.05, 4.69) is 39.7 Å². The number of aliphatic hydroxyl groups is 1. The van der Waals surface area contributed by atoms with Crippen LogP contribution in [-0.2, 0) is 60.5 Å². The van der Waals surface area contributed by atoms with E-state index in [-0.39, 0.29) is 62.9 Å². The fraction of sp³-hybridized carbons (Fsp3) is 0.476. The van der Waals surface area contributed by atoms with Crippen LogP contribution in [0.1, 0.15) is 115 Å². The third-order valence-electron chi connectivity index (χ3n) is 15.0. The number of rotatable bonds is 29. The second-order valence-electron chi connectivity index (χ2n) is 22.4. The largest absolute Gasteiger partial charge is 0.491 e. The number of aromatic nitrogens is 4. The number of benzene rings is 3. The molecule has 8 rings (SSSR count). The maximum absolute atomic E-state index is 14.0. The lowest BCUT2D eigenvalue weighted by molar-refractivity contribution is -0.144. The Bertz CT molecular complexity index is 3280. The van der Waals surface area contributed by atoms with E-state index >= 15 is 0 Å². The van der Waals surface area contributed by atoms with Crippen molar-refractivity contribution in [2.45, 2.75) is 118 Å². The van der Waals surface area contributed by atoms with Crippen LogP contribution in [0.4, 0.5) is 0 Å². The molecule has 2 aliphatic heterocycles. The fourth-order valence-corrected chi connectivity index (χ4v) is 12.2. The molecule has 2 aliphatic rings. The Labute approximate surface area is 504 Å². The van der Waals surface area contributed by atoms with Crippen LogP contribution in [0.15, 0.2) is 83.3 Å². The minimum Gasteiger partial charge on any atom is -0.491 e. The number of ether oxygens (including phenoxy) is 6.